The van der Waals surface area contributed by atoms with Gasteiger partial charge in [0.25, 0.3) is 5.91 Å². The number of rotatable bonds is 4. The normalized spacial score (nSPS) is 27.3. The van der Waals surface area contributed by atoms with Gasteiger partial charge < -0.3 is 14.7 Å². The average Bonchev–Trinajstić information content (AvgIpc) is 3.15. The quantitative estimate of drug-likeness (QED) is 0.905. The Kier molecular flexibility index (Phi) is 5.59. The zero-order valence-corrected chi connectivity index (χ0v) is 14.9. The van der Waals surface area contributed by atoms with Gasteiger partial charge >= 0.3 is 0 Å². The number of benzene rings is 1. The number of aliphatic hydroxyl groups is 1. The van der Waals surface area contributed by atoms with E-state index in [2.05, 4.69) is 4.90 Å². The van der Waals surface area contributed by atoms with Crippen LogP contribution in [-0.2, 0) is 0 Å². The molecule has 0 aromatic heterocycles. The van der Waals surface area contributed by atoms with Crippen LogP contribution in [0.25, 0.3) is 0 Å². The largest absolute Gasteiger partial charge is 0.496 e. The van der Waals surface area contributed by atoms with E-state index in [-0.39, 0.29) is 23.6 Å². The number of nitrogens with zero attached hydrogens (tertiary/aromatic N) is 2. The van der Waals surface area contributed by atoms with Crippen LogP contribution in [0.15, 0.2) is 18.2 Å². The minimum Gasteiger partial charge on any atom is -0.496 e. The van der Waals surface area contributed by atoms with Crippen LogP contribution < -0.4 is 4.74 Å². The van der Waals surface area contributed by atoms with Crippen molar-refractivity contribution in [1.29, 1.82) is 0 Å². The Balaban J connectivity index is 1.78. The molecule has 1 amide bonds. The van der Waals surface area contributed by atoms with Crippen molar-refractivity contribution in [2.75, 3.05) is 27.2 Å². The molecule has 1 N–H and O–H groups in total. The summed E-state index contributed by atoms with van der Waals surface area (Å²) in [5.74, 6) is -0.446. The maximum Gasteiger partial charge on any atom is 0.257 e. The molecule has 1 aromatic rings. The Morgan fingerprint density at radius 2 is 2.00 bits per heavy atom. The molecule has 6 heteroatoms. The fourth-order valence-corrected chi connectivity index (χ4v) is 4.22. The van der Waals surface area contributed by atoms with E-state index < -0.39 is 11.9 Å². The van der Waals surface area contributed by atoms with Crippen molar-refractivity contribution in [2.24, 2.45) is 0 Å². The van der Waals surface area contributed by atoms with Crippen molar-refractivity contribution in [2.45, 2.75) is 50.3 Å². The van der Waals surface area contributed by atoms with Gasteiger partial charge in [-0.1, -0.05) is 0 Å². The average molecular weight is 350 g/mol. The topological polar surface area (TPSA) is 53.0 Å². The van der Waals surface area contributed by atoms with Crippen molar-refractivity contribution in [3.63, 3.8) is 0 Å². The van der Waals surface area contributed by atoms with Crippen LogP contribution in [-0.4, -0.2) is 66.2 Å². The second-order valence-corrected chi connectivity index (χ2v) is 7.06. The lowest BCUT2D eigenvalue weighted by atomic mass is 9.86. The van der Waals surface area contributed by atoms with E-state index in [0.717, 1.165) is 32.4 Å². The molecule has 0 radical (unpaired) electrons. The molecule has 3 rings (SSSR count). The lowest BCUT2D eigenvalue weighted by Crippen LogP contribution is -2.56. The highest BCUT2D eigenvalue weighted by molar-refractivity contribution is 5.97. The van der Waals surface area contributed by atoms with Crippen LogP contribution >= 0.6 is 0 Å². The number of carbonyl (C=O) groups is 1. The van der Waals surface area contributed by atoms with Crippen LogP contribution in [0.3, 0.4) is 0 Å². The third-order valence-electron chi connectivity index (χ3n) is 5.61. The van der Waals surface area contributed by atoms with Crippen molar-refractivity contribution >= 4 is 5.91 Å². The molecule has 1 aromatic carbocycles. The summed E-state index contributed by atoms with van der Waals surface area (Å²) in [5.41, 5.74) is 0.195. The van der Waals surface area contributed by atoms with Crippen molar-refractivity contribution in [3.8, 4) is 5.75 Å². The van der Waals surface area contributed by atoms with Gasteiger partial charge in [-0.3, -0.25) is 9.69 Å². The number of methoxy groups -OCH3 is 1. The molecule has 0 bridgehead atoms. The molecule has 0 spiro atoms. The van der Waals surface area contributed by atoms with Crippen molar-refractivity contribution < 1.29 is 19.0 Å². The predicted molar refractivity (Wildman–Crippen MR) is 93.3 cm³/mol. The monoisotopic (exact) mass is 350 g/mol. The number of hydrogen-bond donors (Lipinski definition) is 1. The second kappa shape index (κ2) is 7.70. The Morgan fingerprint density at radius 1 is 1.28 bits per heavy atom. The molecule has 2 fully saturated rings. The van der Waals surface area contributed by atoms with E-state index in [0.29, 0.717) is 5.75 Å². The van der Waals surface area contributed by atoms with Crippen molar-refractivity contribution in [1.82, 2.24) is 9.80 Å². The van der Waals surface area contributed by atoms with Gasteiger partial charge in [0.1, 0.15) is 11.6 Å². The smallest absolute Gasteiger partial charge is 0.257 e. The minimum absolute atomic E-state index is 0.103. The highest BCUT2D eigenvalue weighted by Gasteiger charge is 2.39. The summed E-state index contributed by atoms with van der Waals surface area (Å²) < 4.78 is 18.8. The Bertz CT molecular complexity index is 619. The first kappa shape index (κ1) is 18.1. The maximum absolute atomic E-state index is 13.6. The molecule has 138 valence electrons. The van der Waals surface area contributed by atoms with Crippen molar-refractivity contribution in [3.05, 3.63) is 29.6 Å². The predicted octanol–water partition coefficient (Wildman–Crippen LogP) is 2.28. The zero-order chi connectivity index (χ0) is 18.0. The van der Waals surface area contributed by atoms with E-state index in [9.17, 15) is 14.3 Å². The maximum atomic E-state index is 13.6. The third-order valence-corrected chi connectivity index (χ3v) is 5.61. The molecule has 5 nitrogen and oxygen atoms in total. The number of likely N-dealkylation sites (N-methyl/N-ethyl adjacent to an activating group) is 1. The number of halogens is 1. The SMILES string of the molecule is COc1ccc(F)cc1C(=O)N(C)[C@@H]1CCC[C@@H](N2CCCC2)[C@@H]1O. The molecule has 0 unspecified atom stereocenters. The number of ether oxygens (including phenoxy) is 1. The summed E-state index contributed by atoms with van der Waals surface area (Å²) in [5, 5.41) is 10.9. The minimum atomic E-state index is -0.583. The summed E-state index contributed by atoms with van der Waals surface area (Å²) in [6, 6.07) is 3.77. The molecule has 1 aliphatic carbocycles. The summed E-state index contributed by atoms with van der Waals surface area (Å²) in [4.78, 5) is 16.8. The first-order chi connectivity index (χ1) is 12.0. The first-order valence-electron chi connectivity index (χ1n) is 9.05. The van der Waals surface area contributed by atoms with Gasteiger partial charge in [-0.15, -0.1) is 0 Å². The van der Waals surface area contributed by atoms with Crippen LogP contribution in [0.1, 0.15) is 42.5 Å². The summed E-state index contributed by atoms with van der Waals surface area (Å²) >= 11 is 0. The molecule has 3 atom stereocenters. The van der Waals surface area contributed by atoms with E-state index in [4.69, 9.17) is 4.74 Å². The van der Waals surface area contributed by atoms with Gasteiger partial charge in [-0.25, -0.2) is 4.39 Å². The highest BCUT2D eigenvalue weighted by Crippen LogP contribution is 2.30. The summed E-state index contributed by atoms with van der Waals surface area (Å²) in [6.07, 6.45) is 4.45. The standard InChI is InChI=1S/C19H27FN2O3/c1-21(19(24)14-12-13(20)8-9-17(14)25-2)15-6-5-7-16(18(15)23)22-10-3-4-11-22/h8-9,12,15-16,18,23H,3-7,10-11H2,1-2H3/t15-,16-,18-/m1/s1. The number of likely N-dealkylation sites (tertiary alicyclic amines) is 1. The lowest BCUT2D eigenvalue weighted by Gasteiger charge is -2.43. The van der Waals surface area contributed by atoms with Gasteiger partial charge in [-0.05, 0) is 63.4 Å². The van der Waals surface area contributed by atoms with Gasteiger partial charge in [0, 0.05) is 13.1 Å². The van der Waals surface area contributed by atoms with Gasteiger partial charge in [-0.2, -0.15) is 0 Å². The Morgan fingerprint density at radius 3 is 2.68 bits per heavy atom. The van der Waals surface area contributed by atoms with Crippen LogP contribution in [0.5, 0.6) is 5.75 Å². The Hall–Kier alpha value is -1.66. The zero-order valence-electron chi connectivity index (χ0n) is 14.9. The molecular weight excluding hydrogens is 323 g/mol. The molecular formula is C19H27FN2O3. The van der Waals surface area contributed by atoms with E-state index in [1.54, 1.807) is 11.9 Å². The number of amides is 1. The third kappa shape index (κ3) is 3.65. The number of carbonyl (C=O) groups excluding carboxylic acids is 1. The second-order valence-electron chi connectivity index (χ2n) is 7.06. The molecule has 1 saturated carbocycles. The molecule has 25 heavy (non-hydrogen) atoms. The fraction of sp³-hybridized carbons (Fsp3) is 0.632. The van der Waals surface area contributed by atoms with Crippen LogP contribution in [0.4, 0.5) is 4.39 Å². The Labute approximate surface area is 148 Å². The fourth-order valence-electron chi connectivity index (χ4n) is 4.22. The molecule has 1 aliphatic heterocycles. The highest BCUT2D eigenvalue weighted by atomic mass is 19.1. The summed E-state index contributed by atoms with van der Waals surface area (Å²) in [6.45, 7) is 2.04. The first-order valence-corrected chi connectivity index (χ1v) is 9.05. The van der Waals surface area contributed by atoms with Crippen LogP contribution in [0.2, 0.25) is 0 Å². The van der Waals surface area contributed by atoms with E-state index in [1.165, 1.54) is 38.2 Å². The van der Waals surface area contributed by atoms with E-state index >= 15 is 0 Å². The summed E-state index contributed by atoms with van der Waals surface area (Å²) in [7, 11) is 3.15. The molecule has 2 aliphatic rings. The van der Waals surface area contributed by atoms with Gasteiger partial charge in [0.15, 0.2) is 0 Å². The lowest BCUT2D eigenvalue weighted by molar-refractivity contribution is -0.0242. The molecule has 1 saturated heterocycles. The number of hydrogen-bond acceptors (Lipinski definition) is 4. The number of aliphatic hydroxyl groups excluding tert-OH is 1. The van der Waals surface area contributed by atoms with Gasteiger partial charge in [0.2, 0.25) is 0 Å². The molecule has 1 heterocycles. The van der Waals surface area contributed by atoms with Crippen LogP contribution in [0, 0.1) is 5.82 Å². The van der Waals surface area contributed by atoms with Gasteiger partial charge in [0.05, 0.1) is 24.8 Å². The van der Waals surface area contributed by atoms with E-state index in [1.807, 2.05) is 0 Å².